The Morgan fingerprint density at radius 2 is 1.57 bits per heavy atom. The summed E-state index contributed by atoms with van der Waals surface area (Å²) < 4.78 is 0. The number of hydrogen-bond donors (Lipinski definition) is 3. The quantitative estimate of drug-likeness (QED) is 0.451. The van der Waals surface area contributed by atoms with Crippen molar-refractivity contribution in [1.29, 1.82) is 0 Å². The van der Waals surface area contributed by atoms with Crippen molar-refractivity contribution in [2.75, 3.05) is 44.6 Å². The van der Waals surface area contributed by atoms with E-state index in [0.717, 1.165) is 64.6 Å². The number of rotatable bonds is 6. The van der Waals surface area contributed by atoms with Gasteiger partial charge < -0.3 is 25.8 Å². The second kappa shape index (κ2) is 11.0. The summed E-state index contributed by atoms with van der Waals surface area (Å²) in [6.07, 6.45) is 6.66. The van der Waals surface area contributed by atoms with Gasteiger partial charge in [-0.15, -0.1) is 0 Å². The van der Waals surface area contributed by atoms with Crippen molar-refractivity contribution >= 4 is 34.1 Å². The monoisotopic (exact) mass is 503 g/mol. The highest BCUT2D eigenvalue weighted by molar-refractivity contribution is 6.02. The highest BCUT2D eigenvalue weighted by Gasteiger charge is 2.45. The number of nitrogens with zero attached hydrogens (tertiary/aromatic N) is 2. The third-order valence-electron chi connectivity index (χ3n) is 8.33. The van der Waals surface area contributed by atoms with Crippen LogP contribution in [0.3, 0.4) is 0 Å². The molecule has 0 atom stereocenters. The third-order valence-corrected chi connectivity index (χ3v) is 8.33. The summed E-state index contributed by atoms with van der Waals surface area (Å²) in [6, 6.07) is 13.1. The molecular formula is C30H41N5O2. The fraction of sp³-hybridized carbons (Fsp3) is 0.533. The molecule has 4 amide bonds. The molecule has 0 unspecified atom stereocenters. The topological polar surface area (TPSA) is 76.7 Å². The van der Waals surface area contributed by atoms with Crippen LogP contribution in [0.2, 0.25) is 0 Å². The highest BCUT2D eigenvalue weighted by Crippen LogP contribution is 2.49. The van der Waals surface area contributed by atoms with E-state index in [4.69, 9.17) is 0 Å². The maximum atomic E-state index is 13.1. The molecule has 37 heavy (non-hydrogen) atoms. The molecule has 1 spiro atoms. The Morgan fingerprint density at radius 1 is 0.892 bits per heavy atom. The Balaban J connectivity index is 1.45. The molecule has 3 heterocycles. The first-order valence-electron chi connectivity index (χ1n) is 14.1. The lowest BCUT2D eigenvalue weighted by atomic mass is 9.71. The molecule has 0 aliphatic carbocycles. The van der Waals surface area contributed by atoms with E-state index in [9.17, 15) is 9.59 Å². The number of likely N-dealkylation sites (tertiary alicyclic amines) is 1. The van der Waals surface area contributed by atoms with Crippen LogP contribution >= 0.6 is 0 Å². The third kappa shape index (κ3) is 5.00. The molecule has 3 N–H and O–H groups in total. The number of nitrogens with one attached hydrogen (secondary N) is 3. The zero-order valence-corrected chi connectivity index (χ0v) is 22.4. The van der Waals surface area contributed by atoms with Crippen LogP contribution < -0.4 is 16.0 Å². The Bertz CT molecular complexity index is 1180. The van der Waals surface area contributed by atoms with E-state index in [1.54, 1.807) is 0 Å². The number of carbonyl (C=O) groups is 2. The second-order valence-corrected chi connectivity index (χ2v) is 10.7. The van der Waals surface area contributed by atoms with Gasteiger partial charge in [0.15, 0.2) is 0 Å². The van der Waals surface area contributed by atoms with E-state index in [0.29, 0.717) is 19.6 Å². The van der Waals surface area contributed by atoms with Crippen molar-refractivity contribution in [2.24, 2.45) is 0 Å². The molecule has 2 aromatic carbocycles. The number of anilines is 1. The zero-order valence-electron chi connectivity index (χ0n) is 22.4. The Morgan fingerprint density at radius 3 is 2.27 bits per heavy atom. The molecule has 0 aromatic heterocycles. The van der Waals surface area contributed by atoms with E-state index < -0.39 is 0 Å². The summed E-state index contributed by atoms with van der Waals surface area (Å²) in [6.45, 7) is 8.48. The van der Waals surface area contributed by atoms with E-state index in [1.165, 1.54) is 33.2 Å². The van der Waals surface area contributed by atoms with Gasteiger partial charge in [-0.2, -0.15) is 0 Å². The molecule has 5 rings (SSSR count). The van der Waals surface area contributed by atoms with E-state index in [2.05, 4.69) is 66.2 Å². The van der Waals surface area contributed by atoms with Crippen molar-refractivity contribution in [3.05, 3.63) is 47.5 Å². The van der Waals surface area contributed by atoms with E-state index in [1.807, 2.05) is 9.80 Å². The first-order valence-corrected chi connectivity index (χ1v) is 14.1. The Hall–Kier alpha value is -3.22. The van der Waals surface area contributed by atoms with Crippen LogP contribution in [0.4, 0.5) is 15.3 Å². The lowest BCUT2D eigenvalue weighted by Gasteiger charge is -2.50. The summed E-state index contributed by atoms with van der Waals surface area (Å²) in [4.78, 5) is 29.8. The van der Waals surface area contributed by atoms with Crippen LogP contribution in [-0.2, 0) is 0 Å². The molecule has 7 heteroatoms. The van der Waals surface area contributed by atoms with Gasteiger partial charge in [0.05, 0.1) is 5.54 Å². The van der Waals surface area contributed by atoms with Crippen molar-refractivity contribution in [1.82, 2.24) is 20.4 Å². The number of amides is 4. The van der Waals surface area contributed by atoms with Gasteiger partial charge in [0.2, 0.25) is 0 Å². The lowest BCUT2D eigenvalue weighted by Crippen LogP contribution is -2.58. The van der Waals surface area contributed by atoms with Crippen LogP contribution in [0.15, 0.2) is 42.0 Å². The molecule has 1 fully saturated rings. The van der Waals surface area contributed by atoms with Crippen LogP contribution in [0.25, 0.3) is 16.3 Å². The van der Waals surface area contributed by atoms with Gasteiger partial charge in [-0.1, -0.05) is 57.0 Å². The van der Waals surface area contributed by atoms with E-state index in [-0.39, 0.29) is 17.6 Å². The van der Waals surface area contributed by atoms with Crippen LogP contribution in [-0.4, -0.2) is 66.7 Å². The molecule has 2 aromatic rings. The molecule has 7 nitrogen and oxygen atoms in total. The van der Waals surface area contributed by atoms with Crippen molar-refractivity contribution in [2.45, 2.75) is 64.3 Å². The predicted octanol–water partition coefficient (Wildman–Crippen LogP) is 5.58. The lowest BCUT2D eigenvalue weighted by molar-refractivity contribution is 0.168. The molecule has 1 saturated heterocycles. The number of piperidine rings is 1. The zero-order chi connectivity index (χ0) is 25.8. The molecular weight excluding hydrogens is 462 g/mol. The first-order chi connectivity index (χ1) is 18.1. The molecule has 3 aliphatic heterocycles. The number of carbonyl (C=O) groups excluding carboxylic acids is 2. The van der Waals surface area contributed by atoms with Gasteiger partial charge in [0.25, 0.3) is 0 Å². The summed E-state index contributed by atoms with van der Waals surface area (Å²) >= 11 is 0. The number of hydrogen-bond acceptors (Lipinski definition) is 3. The molecule has 198 valence electrons. The summed E-state index contributed by atoms with van der Waals surface area (Å²) in [5, 5.41) is 12.7. The fourth-order valence-electron chi connectivity index (χ4n) is 6.17. The Kier molecular flexibility index (Phi) is 7.58. The minimum Gasteiger partial charge on any atom is -0.375 e. The normalized spacial score (nSPS) is 18.3. The number of unbranched alkanes of at least 4 members (excludes halogenated alkanes) is 2. The van der Waals surface area contributed by atoms with Gasteiger partial charge in [0, 0.05) is 50.5 Å². The second-order valence-electron chi connectivity index (χ2n) is 10.7. The van der Waals surface area contributed by atoms with Crippen molar-refractivity contribution in [3.8, 4) is 0 Å². The summed E-state index contributed by atoms with van der Waals surface area (Å²) in [5.41, 5.74) is 4.96. The Labute approximate surface area is 220 Å². The molecule has 0 saturated carbocycles. The molecule has 3 aliphatic rings. The fourth-order valence-corrected chi connectivity index (χ4v) is 6.17. The van der Waals surface area contributed by atoms with Crippen LogP contribution in [0.1, 0.15) is 64.4 Å². The maximum absolute atomic E-state index is 13.1. The van der Waals surface area contributed by atoms with E-state index >= 15 is 0 Å². The standard InChI is InChI=1S/C30H41N5O2/c1-3-5-16-31-28(36)34-19-14-30(15-20-34)25-21-35(29(37)32-17-6-4-2)18-13-24(25)27-23-10-8-7-9-22(23)11-12-26(27)33-30/h7-12,33H,3-6,13-21H2,1-2H3,(H,31,36)(H,32,37). The van der Waals surface area contributed by atoms with Gasteiger partial charge >= 0.3 is 12.1 Å². The minimum absolute atomic E-state index is 0.0339. The number of benzene rings is 2. The maximum Gasteiger partial charge on any atom is 0.317 e. The minimum atomic E-state index is -0.243. The van der Waals surface area contributed by atoms with Crippen LogP contribution in [0.5, 0.6) is 0 Å². The summed E-state index contributed by atoms with van der Waals surface area (Å²) in [7, 11) is 0. The van der Waals surface area contributed by atoms with Crippen molar-refractivity contribution < 1.29 is 9.59 Å². The number of urea groups is 2. The van der Waals surface area contributed by atoms with Gasteiger partial charge in [-0.3, -0.25) is 0 Å². The van der Waals surface area contributed by atoms with Gasteiger partial charge in [0.1, 0.15) is 0 Å². The highest BCUT2D eigenvalue weighted by atomic mass is 16.2. The molecule has 0 radical (unpaired) electrons. The molecule has 0 bridgehead atoms. The number of fused-ring (bicyclic) bond motifs is 5. The first kappa shape index (κ1) is 25.4. The summed E-state index contributed by atoms with van der Waals surface area (Å²) in [5.74, 6) is 0. The predicted molar refractivity (Wildman–Crippen MR) is 151 cm³/mol. The SMILES string of the molecule is CCCCNC(=O)N1CCC2(CC1)Nc1ccc3ccccc3c1C1=C2CN(C(=O)NCCCC)CC1. The van der Waals surface area contributed by atoms with Gasteiger partial charge in [-0.25, -0.2) is 9.59 Å². The average molecular weight is 504 g/mol. The van der Waals surface area contributed by atoms with Gasteiger partial charge in [-0.05, 0) is 60.1 Å². The average Bonchev–Trinajstić information content (AvgIpc) is 2.93. The van der Waals surface area contributed by atoms with Crippen molar-refractivity contribution in [3.63, 3.8) is 0 Å². The van der Waals surface area contributed by atoms with Crippen LogP contribution in [0, 0.1) is 0 Å². The largest absolute Gasteiger partial charge is 0.375 e. The smallest absolute Gasteiger partial charge is 0.317 e.